The van der Waals surface area contributed by atoms with Crippen molar-refractivity contribution in [3.8, 4) is 17.0 Å². The fraction of sp³-hybridized carbons (Fsp3) is 0.125. The molecule has 6 heteroatoms. The minimum absolute atomic E-state index is 0.161. The van der Waals surface area contributed by atoms with Crippen LogP contribution in [-0.4, -0.2) is 27.6 Å². The standard InChI is InChI=1S/C16H15N3O3/c1-9-7-10(3-5-12(9)22-2)14-15(17)19-8-11(16(20)21)4-6-13(19)18-14/h3-8H,17H2,1-2H3,(H,20,21). The van der Waals surface area contributed by atoms with E-state index >= 15 is 0 Å². The lowest BCUT2D eigenvalue weighted by molar-refractivity contribution is 0.0696. The minimum Gasteiger partial charge on any atom is -0.496 e. The molecular formula is C16H15N3O3. The molecule has 0 bridgehead atoms. The average molecular weight is 297 g/mol. The van der Waals surface area contributed by atoms with Gasteiger partial charge in [0, 0.05) is 11.8 Å². The molecule has 0 saturated heterocycles. The number of hydrogen-bond donors (Lipinski definition) is 2. The van der Waals surface area contributed by atoms with Crippen molar-refractivity contribution in [3.05, 3.63) is 47.7 Å². The topological polar surface area (TPSA) is 89.8 Å². The van der Waals surface area contributed by atoms with Crippen molar-refractivity contribution in [2.24, 2.45) is 0 Å². The monoisotopic (exact) mass is 297 g/mol. The molecule has 2 heterocycles. The third kappa shape index (κ3) is 2.14. The molecule has 0 unspecified atom stereocenters. The second kappa shape index (κ2) is 5.07. The molecule has 0 aliphatic rings. The van der Waals surface area contributed by atoms with Crippen molar-refractivity contribution >= 4 is 17.4 Å². The maximum absolute atomic E-state index is 11.1. The van der Waals surface area contributed by atoms with Crippen LogP contribution >= 0.6 is 0 Å². The van der Waals surface area contributed by atoms with Crippen LogP contribution < -0.4 is 10.5 Å². The number of ether oxygens (including phenoxy) is 1. The largest absolute Gasteiger partial charge is 0.496 e. The molecule has 112 valence electrons. The van der Waals surface area contributed by atoms with Gasteiger partial charge in [-0.25, -0.2) is 9.78 Å². The highest BCUT2D eigenvalue weighted by atomic mass is 16.5. The van der Waals surface area contributed by atoms with E-state index in [9.17, 15) is 4.79 Å². The quantitative estimate of drug-likeness (QED) is 0.775. The van der Waals surface area contributed by atoms with Crippen molar-refractivity contribution in [2.75, 3.05) is 12.8 Å². The summed E-state index contributed by atoms with van der Waals surface area (Å²) in [6, 6.07) is 8.82. The van der Waals surface area contributed by atoms with Gasteiger partial charge in [0.05, 0.1) is 12.7 Å². The Kier molecular flexibility index (Phi) is 3.21. The average Bonchev–Trinajstić information content (AvgIpc) is 2.84. The smallest absolute Gasteiger partial charge is 0.337 e. The number of rotatable bonds is 3. The lowest BCUT2D eigenvalue weighted by Crippen LogP contribution is -2.00. The maximum Gasteiger partial charge on any atom is 0.337 e. The van der Waals surface area contributed by atoms with Crippen molar-refractivity contribution in [1.82, 2.24) is 9.38 Å². The number of fused-ring (bicyclic) bond motifs is 1. The summed E-state index contributed by atoms with van der Waals surface area (Å²) >= 11 is 0. The molecule has 3 aromatic rings. The highest BCUT2D eigenvalue weighted by molar-refractivity contribution is 5.88. The Balaban J connectivity index is 2.17. The van der Waals surface area contributed by atoms with E-state index in [0.717, 1.165) is 16.9 Å². The maximum atomic E-state index is 11.1. The van der Waals surface area contributed by atoms with Crippen LogP contribution in [0.2, 0.25) is 0 Å². The summed E-state index contributed by atoms with van der Waals surface area (Å²) in [5.74, 6) is 0.193. The van der Waals surface area contributed by atoms with Gasteiger partial charge < -0.3 is 15.6 Å². The number of imidazole rings is 1. The summed E-state index contributed by atoms with van der Waals surface area (Å²) in [5, 5.41) is 9.06. The first kappa shape index (κ1) is 13.9. The van der Waals surface area contributed by atoms with Crippen LogP contribution in [0.1, 0.15) is 15.9 Å². The van der Waals surface area contributed by atoms with Crippen LogP contribution in [0, 0.1) is 6.92 Å². The number of pyridine rings is 1. The zero-order valence-electron chi connectivity index (χ0n) is 12.2. The van der Waals surface area contributed by atoms with E-state index in [1.807, 2.05) is 25.1 Å². The number of benzene rings is 1. The first-order valence-corrected chi connectivity index (χ1v) is 6.67. The molecule has 0 radical (unpaired) electrons. The predicted molar refractivity (Wildman–Crippen MR) is 83.3 cm³/mol. The Morgan fingerprint density at radius 1 is 1.32 bits per heavy atom. The molecule has 0 saturated carbocycles. The van der Waals surface area contributed by atoms with E-state index in [1.54, 1.807) is 17.6 Å². The molecule has 0 aliphatic carbocycles. The number of aromatic carboxylic acids is 1. The van der Waals surface area contributed by atoms with Crippen molar-refractivity contribution in [3.63, 3.8) is 0 Å². The Hall–Kier alpha value is -3.02. The van der Waals surface area contributed by atoms with Gasteiger partial charge in [-0.05, 0) is 42.8 Å². The number of anilines is 1. The molecule has 0 fully saturated rings. The van der Waals surface area contributed by atoms with E-state index in [2.05, 4.69) is 4.98 Å². The molecule has 2 aromatic heterocycles. The number of nitrogens with two attached hydrogens (primary N) is 1. The Morgan fingerprint density at radius 3 is 2.73 bits per heavy atom. The lowest BCUT2D eigenvalue weighted by atomic mass is 10.1. The highest BCUT2D eigenvalue weighted by Crippen LogP contribution is 2.30. The first-order valence-electron chi connectivity index (χ1n) is 6.67. The van der Waals surface area contributed by atoms with Gasteiger partial charge in [-0.15, -0.1) is 0 Å². The van der Waals surface area contributed by atoms with Crippen LogP contribution in [0.4, 0.5) is 5.82 Å². The molecule has 22 heavy (non-hydrogen) atoms. The second-order valence-electron chi connectivity index (χ2n) is 4.98. The van der Waals surface area contributed by atoms with Crippen molar-refractivity contribution < 1.29 is 14.6 Å². The van der Waals surface area contributed by atoms with Crippen LogP contribution in [0.15, 0.2) is 36.5 Å². The van der Waals surface area contributed by atoms with Crippen molar-refractivity contribution in [2.45, 2.75) is 6.92 Å². The first-order chi connectivity index (χ1) is 10.5. The van der Waals surface area contributed by atoms with Gasteiger partial charge in [0.15, 0.2) is 0 Å². The summed E-state index contributed by atoms with van der Waals surface area (Å²) in [7, 11) is 1.62. The Labute approximate surface area is 126 Å². The van der Waals surface area contributed by atoms with Gasteiger partial charge in [-0.3, -0.25) is 4.40 Å². The van der Waals surface area contributed by atoms with E-state index in [0.29, 0.717) is 17.2 Å². The van der Waals surface area contributed by atoms with Gasteiger partial charge in [-0.1, -0.05) is 0 Å². The lowest BCUT2D eigenvalue weighted by Gasteiger charge is -2.06. The Bertz CT molecular complexity index is 884. The van der Waals surface area contributed by atoms with Gasteiger partial charge in [0.1, 0.15) is 22.9 Å². The third-order valence-electron chi connectivity index (χ3n) is 3.57. The molecule has 0 amide bonds. The van der Waals surface area contributed by atoms with Crippen molar-refractivity contribution in [1.29, 1.82) is 0 Å². The minimum atomic E-state index is -1.00. The highest BCUT2D eigenvalue weighted by Gasteiger charge is 2.14. The number of aryl methyl sites for hydroxylation is 1. The summed E-state index contributed by atoms with van der Waals surface area (Å²) in [6.07, 6.45) is 1.47. The molecule has 6 nitrogen and oxygen atoms in total. The summed E-state index contributed by atoms with van der Waals surface area (Å²) in [5.41, 5.74) is 9.35. The number of carboxylic acids is 1. The molecule has 0 aliphatic heterocycles. The SMILES string of the molecule is COc1ccc(-c2nc3ccc(C(=O)O)cn3c2N)cc1C. The van der Waals surface area contributed by atoms with Gasteiger partial charge in [0.25, 0.3) is 0 Å². The summed E-state index contributed by atoms with van der Waals surface area (Å²) < 4.78 is 6.83. The summed E-state index contributed by atoms with van der Waals surface area (Å²) in [6.45, 7) is 1.94. The molecule has 0 spiro atoms. The van der Waals surface area contributed by atoms with Crippen LogP contribution in [-0.2, 0) is 0 Å². The number of nitrogens with zero attached hydrogens (tertiary/aromatic N) is 2. The predicted octanol–water partition coefficient (Wildman–Crippen LogP) is 2.60. The molecule has 1 aromatic carbocycles. The van der Waals surface area contributed by atoms with Crippen LogP contribution in [0.3, 0.4) is 0 Å². The zero-order valence-corrected chi connectivity index (χ0v) is 12.2. The Morgan fingerprint density at radius 2 is 2.09 bits per heavy atom. The molecular weight excluding hydrogens is 282 g/mol. The molecule has 3 N–H and O–H groups in total. The second-order valence-corrected chi connectivity index (χ2v) is 4.98. The summed E-state index contributed by atoms with van der Waals surface area (Å²) in [4.78, 5) is 15.5. The van der Waals surface area contributed by atoms with E-state index < -0.39 is 5.97 Å². The number of carbonyl (C=O) groups is 1. The van der Waals surface area contributed by atoms with E-state index in [4.69, 9.17) is 15.6 Å². The van der Waals surface area contributed by atoms with Gasteiger partial charge >= 0.3 is 5.97 Å². The molecule has 0 atom stereocenters. The zero-order chi connectivity index (χ0) is 15.9. The van der Waals surface area contributed by atoms with E-state index in [1.165, 1.54) is 12.3 Å². The number of methoxy groups -OCH3 is 1. The normalized spacial score (nSPS) is 10.8. The van der Waals surface area contributed by atoms with Gasteiger partial charge in [-0.2, -0.15) is 0 Å². The van der Waals surface area contributed by atoms with Crippen LogP contribution in [0.25, 0.3) is 16.9 Å². The number of aromatic nitrogens is 2. The van der Waals surface area contributed by atoms with Gasteiger partial charge in [0.2, 0.25) is 0 Å². The third-order valence-corrected chi connectivity index (χ3v) is 3.57. The fourth-order valence-electron chi connectivity index (χ4n) is 2.43. The fourth-order valence-corrected chi connectivity index (χ4v) is 2.43. The number of nitrogen functional groups attached to an aromatic ring is 1. The van der Waals surface area contributed by atoms with Crippen LogP contribution in [0.5, 0.6) is 5.75 Å². The molecule has 3 rings (SSSR count). The number of hydrogen-bond acceptors (Lipinski definition) is 4. The van der Waals surface area contributed by atoms with E-state index in [-0.39, 0.29) is 5.56 Å². The number of carboxylic acid groups (broad SMARTS) is 1.